The zero-order chi connectivity index (χ0) is 18.3. The minimum atomic E-state index is 0.0274. The Labute approximate surface area is 163 Å². The number of hydrogen-bond donors (Lipinski definition) is 0. The van der Waals surface area contributed by atoms with Crippen molar-refractivity contribution in [3.05, 3.63) is 64.9 Å². The number of ether oxygens (including phenoxy) is 1. The van der Waals surface area contributed by atoms with Gasteiger partial charge < -0.3 is 9.64 Å². The third-order valence-corrected chi connectivity index (χ3v) is 6.50. The summed E-state index contributed by atoms with van der Waals surface area (Å²) in [5, 5.41) is 0. The number of thioether (sulfide) groups is 1. The standard InChI is InChI=1S/C20H20N2O2S2/c1-3-21-19(23)18(26-20(21)25)17-16(12-14-6-4-5-11-22(14)17)13-7-9-15(24-2)10-8-13/h4-11,14,16H,3,12H2,1-2H3/b18-17-. The quantitative estimate of drug-likeness (QED) is 0.580. The second-order valence-electron chi connectivity index (χ2n) is 6.39. The van der Waals surface area contributed by atoms with E-state index >= 15 is 0 Å². The molecule has 6 heteroatoms. The van der Waals surface area contributed by atoms with Gasteiger partial charge in [-0.05, 0) is 37.1 Å². The SMILES string of the molecule is CCN1C(=O)/C(=C2\C(c3ccc(OC)cc3)CC3C=CC=CN23)SC1=S. The minimum absolute atomic E-state index is 0.0274. The normalized spacial score (nSPS) is 27.5. The summed E-state index contributed by atoms with van der Waals surface area (Å²) in [5.74, 6) is 1.02. The van der Waals surface area contributed by atoms with E-state index in [0.29, 0.717) is 10.9 Å². The highest BCUT2D eigenvalue weighted by Gasteiger charge is 2.43. The number of hydrogen-bond acceptors (Lipinski definition) is 5. The molecular formula is C20H20N2O2S2. The van der Waals surface area contributed by atoms with Crippen molar-refractivity contribution in [2.24, 2.45) is 0 Å². The van der Waals surface area contributed by atoms with Gasteiger partial charge in [0.2, 0.25) is 0 Å². The predicted molar refractivity (Wildman–Crippen MR) is 109 cm³/mol. The van der Waals surface area contributed by atoms with Crippen LogP contribution in [0.3, 0.4) is 0 Å². The zero-order valence-electron chi connectivity index (χ0n) is 14.7. The van der Waals surface area contributed by atoms with E-state index in [2.05, 4.69) is 35.4 Å². The van der Waals surface area contributed by atoms with Gasteiger partial charge >= 0.3 is 0 Å². The average molecular weight is 385 g/mol. The molecule has 2 atom stereocenters. The first-order chi connectivity index (χ1) is 12.6. The van der Waals surface area contributed by atoms with Crippen molar-refractivity contribution in [2.45, 2.75) is 25.3 Å². The maximum absolute atomic E-state index is 13.0. The molecule has 1 aromatic carbocycles. The number of carbonyl (C=O) groups is 1. The van der Waals surface area contributed by atoms with E-state index < -0.39 is 0 Å². The fourth-order valence-corrected chi connectivity index (χ4v) is 5.26. The Morgan fingerprint density at radius 2 is 2.04 bits per heavy atom. The molecule has 3 heterocycles. The fraction of sp³-hybridized carbons (Fsp3) is 0.300. The Morgan fingerprint density at radius 1 is 1.27 bits per heavy atom. The molecule has 2 unspecified atom stereocenters. The van der Waals surface area contributed by atoms with Gasteiger partial charge in [-0.2, -0.15) is 0 Å². The zero-order valence-corrected chi connectivity index (χ0v) is 16.3. The van der Waals surface area contributed by atoms with E-state index in [9.17, 15) is 4.79 Å². The van der Waals surface area contributed by atoms with Crippen molar-refractivity contribution in [1.82, 2.24) is 9.80 Å². The molecule has 2 fully saturated rings. The smallest absolute Gasteiger partial charge is 0.267 e. The van der Waals surface area contributed by atoms with Crippen LogP contribution in [-0.2, 0) is 4.79 Å². The van der Waals surface area contributed by atoms with Crippen molar-refractivity contribution in [3.63, 3.8) is 0 Å². The maximum Gasteiger partial charge on any atom is 0.267 e. The number of thiocarbonyl (C=S) groups is 1. The molecule has 0 N–H and O–H groups in total. The van der Waals surface area contributed by atoms with Crippen LogP contribution in [0, 0.1) is 0 Å². The third kappa shape index (κ3) is 2.77. The summed E-state index contributed by atoms with van der Waals surface area (Å²) in [6, 6.07) is 8.42. The van der Waals surface area contributed by atoms with Gasteiger partial charge in [-0.3, -0.25) is 9.69 Å². The molecule has 0 saturated carbocycles. The van der Waals surface area contributed by atoms with Gasteiger partial charge in [0.25, 0.3) is 5.91 Å². The molecule has 0 spiro atoms. The Bertz CT molecular complexity index is 842. The van der Waals surface area contributed by atoms with E-state index in [1.165, 1.54) is 17.3 Å². The monoisotopic (exact) mass is 384 g/mol. The largest absolute Gasteiger partial charge is 0.497 e. The van der Waals surface area contributed by atoms with E-state index in [-0.39, 0.29) is 17.9 Å². The molecule has 26 heavy (non-hydrogen) atoms. The highest BCUT2D eigenvalue weighted by atomic mass is 32.2. The van der Waals surface area contributed by atoms with Crippen LogP contribution in [0.1, 0.15) is 24.8 Å². The lowest BCUT2D eigenvalue weighted by atomic mass is 9.93. The first-order valence-electron chi connectivity index (χ1n) is 8.69. The second-order valence-corrected chi connectivity index (χ2v) is 8.04. The number of likely N-dealkylation sites (N-methyl/N-ethyl adjacent to an activating group) is 1. The average Bonchev–Trinajstić information content (AvgIpc) is 3.18. The molecule has 3 aliphatic rings. The molecule has 0 radical (unpaired) electrons. The molecule has 0 aromatic heterocycles. The summed E-state index contributed by atoms with van der Waals surface area (Å²) in [6.45, 7) is 2.56. The first kappa shape index (κ1) is 17.4. The number of amides is 1. The van der Waals surface area contributed by atoms with Crippen LogP contribution in [0.25, 0.3) is 0 Å². The van der Waals surface area contributed by atoms with Crippen LogP contribution in [0.4, 0.5) is 0 Å². The van der Waals surface area contributed by atoms with Crippen molar-refractivity contribution in [2.75, 3.05) is 13.7 Å². The first-order valence-corrected chi connectivity index (χ1v) is 9.91. The second kappa shape index (κ2) is 6.93. The minimum Gasteiger partial charge on any atom is -0.497 e. The van der Waals surface area contributed by atoms with Crippen molar-refractivity contribution in [3.8, 4) is 5.75 Å². The van der Waals surface area contributed by atoms with Crippen molar-refractivity contribution >= 4 is 34.2 Å². The van der Waals surface area contributed by atoms with Crippen molar-refractivity contribution in [1.29, 1.82) is 0 Å². The number of allylic oxidation sites excluding steroid dienone is 3. The van der Waals surface area contributed by atoms with Crippen LogP contribution in [0.2, 0.25) is 0 Å². The number of rotatable bonds is 3. The lowest BCUT2D eigenvalue weighted by molar-refractivity contribution is -0.122. The molecular weight excluding hydrogens is 364 g/mol. The van der Waals surface area contributed by atoms with Crippen LogP contribution in [0.15, 0.2) is 59.3 Å². The molecule has 2 saturated heterocycles. The summed E-state index contributed by atoms with van der Waals surface area (Å²) in [4.78, 5) is 17.6. The highest BCUT2D eigenvalue weighted by molar-refractivity contribution is 8.26. The molecule has 1 amide bonds. The maximum atomic E-state index is 13.0. The number of methoxy groups -OCH3 is 1. The van der Waals surface area contributed by atoms with E-state index in [1.807, 2.05) is 25.1 Å². The van der Waals surface area contributed by atoms with Gasteiger partial charge in [-0.15, -0.1) is 0 Å². The molecule has 0 aliphatic carbocycles. The van der Waals surface area contributed by atoms with E-state index in [1.54, 1.807) is 12.0 Å². The number of benzene rings is 1. The third-order valence-electron chi connectivity index (χ3n) is 5.05. The van der Waals surface area contributed by atoms with Gasteiger partial charge in [0.05, 0.1) is 13.2 Å². The van der Waals surface area contributed by atoms with Crippen LogP contribution < -0.4 is 4.74 Å². The Hall–Kier alpha value is -2.05. The Balaban J connectivity index is 1.81. The van der Waals surface area contributed by atoms with E-state index in [4.69, 9.17) is 17.0 Å². The molecule has 0 bridgehead atoms. The summed E-state index contributed by atoms with van der Waals surface area (Å²) >= 11 is 6.86. The van der Waals surface area contributed by atoms with Crippen LogP contribution in [-0.4, -0.2) is 39.7 Å². The number of fused-ring (bicyclic) bond motifs is 1. The molecule has 134 valence electrons. The summed E-state index contributed by atoms with van der Waals surface area (Å²) in [6.07, 6.45) is 9.31. The molecule has 4 rings (SSSR count). The molecule has 3 aliphatic heterocycles. The predicted octanol–water partition coefficient (Wildman–Crippen LogP) is 4.03. The Morgan fingerprint density at radius 3 is 2.69 bits per heavy atom. The summed E-state index contributed by atoms with van der Waals surface area (Å²) in [5.41, 5.74) is 2.26. The van der Waals surface area contributed by atoms with Gasteiger partial charge in [-0.25, -0.2) is 0 Å². The van der Waals surface area contributed by atoms with E-state index in [0.717, 1.165) is 22.8 Å². The van der Waals surface area contributed by atoms with Gasteiger partial charge in [-0.1, -0.05) is 48.3 Å². The molecule has 1 aromatic rings. The van der Waals surface area contributed by atoms with Crippen LogP contribution in [0.5, 0.6) is 5.75 Å². The number of carbonyl (C=O) groups excluding carboxylic acids is 1. The van der Waals surface area contributed by atoms with Gasteiger partial charge in [0, 0.05) is 24.4 Å². The van der Waals surface area contributed by atoms with Crippen LogP contribution >= 0.6 is 24.0 Å². The lowest BCUT2D eigenvalue weighted by Gasteiger charge is -2.25. The topological polar surface area (TPSA) is 32.8 Å². The Kier molecular flexibility index (Phi) is 4.63. The van der Waals surface area contributed by atoms with Gasteiger partial charge in [0.15, 0.2) is 0 Å². The summed E-state index contributed by atoms with van der Waals surface area (Å²) < 4.78 is 5.93. The lowest BCUT2D eigenvalue weighted by Crippen LogP contribution is -2.29. The van der Waals surface area contributed by atoms with Crippen molar-refractivity contribution < 1.29 is 9.53 Å². The summed E-state index contributed by atoms with van der Waals surface area (Å²) in [7, 11) is 1.67. The molecule has 4 nitrogen and oxygen atoms in total. The fourth-order valence-electron chi connectivity index (χ4n) is 3.75. The number of nitrogens with zero attached hydrogens (tertiary/aromatic N) is 2. The highest BCUT2D eigenvalue weighted by Crippen LogP contribution is 2.48. The van der Waals surface area contributed by atoms with Gasteiger partial charge in [0.1, 0.15) is 15.0 Å².